The van der Waals surface area contributed by atoms with Gasteiger partial charge in [0.05, 0.1) is 23.9 Å². The summed E-state index contributed by atoms with van der Waals surface area (Å²) in [5.74, 6) is 0.919. The molecule has 0 unspecified atom stereocenters. The van der Waals surface area contributed by atoms with E-state index in [1.54, 1.807) is 13.4 Å². The van der Waals surface area contributed by atoms with E-state index in [0.717, 1.165) is 16.8 Å². The Kier molecular flexibility index (Phi) is 4.99. The summed E-state index contributed by atoms with van der Waals surface area (Å²) >= 11 is 3.43. The smallest absolute Gasteiger partial charge is 0.131 e. The highest BCUT2D eigenvalue weighted by Gasteiger charge is 2.02. The van der Waals surface area contributed by atoms with Crippen molar-refractivity contribution in [2.45, 2.75) is 19.7 Å². The molecule has 0 radical (unpaired) electrons. The van der Waals surface area contributed by atoms with Crippen LogP contribution < -0.4 is 5.32 Å². The Hall–Kier alpha value is -1.10. The van der Waals surface area contributed by atoms with Crippen molar-refractivity contribution in [3.05, 3.63) is 58.0 Å². The van der Waals surface area contributed by atoms with Gasteiger partial charge < -0.3 is 14.5 Å². The van der Waals surface area contributed by atoms with Crippen molar-refractivity contribution in [2.24, 2.45) is 0 Å². The van der Waals surface area contributed by atoms with E-state index in [4.69, 9.17) is 9.15 Å². The summed E-state index contributed by atoms with van der Waals surface area (Å²) in [5.41, 5.74) is 2.43. The molecule has 0 amide bonds. The maximum Gasteiger partial charge on any atom is 0.131 e. The molecule has 1 heterocycles. The van der Waals surface area contributed by atoms with Crippen molar-refractivity contribution in [2.75, 3.05) is 7.11 Å². The second-order valence-electron chi connectivity index (χ2n) is 4.05. The Balaban J connectivity index is 1.86. The van der Waals surface area contributed by atoms with Crippen molar-refractivity contribution < 1.29 is 9.15 Å². The van der Waals surface area contributed by atoms with Crippen LogP contribution in [0.3, 0.4) is 0 Å². The maximum atomic E-state index is 5.34. The van der Waals surface area contributed by atoms with Crippen LogP contribution in [0.25, 0.3) is 0 Å². The minimum Gasteiger partial charge on any atom is -0.467 e. The standard InChI is InChI=1S/C14H16BrNO2/c1-17-10-12-4-2-3-11(7-12)8-16-9-14-13(15)5-6-18-14/h2-7,16H,8-10H2,1H3. The number of nitrogens with one attached hydrogen (secondary N) is 1. The molecular weight excluding hydrogens is 294 g/mol. The van der Waals surface area contributed by atoms with E-state index in [9.17, 15) is 0 Å². The van der Waals surface area contributed by atoms with E-state index >= 15 is 0 Å². The molecule has 0 saturated carbocycles. The number of benzene rings is 1. The quantitative estimate of drug-likeness (QED) is 0.887. The minimum absolute atomic E-state index is 0.650. The number of hydrogen-bond acceptors (Lipinski definition) is 3. The normalized spacial score (nSPS) is 10.8. The summed E-state index contributed by atoms with van der Waals surface area (Å²) in [5, 5.41) is 3.35. The van der Waals surface area contributed by atoms with E-state index in [1.165, 1.54) is 11.1 Å². The fourth-order valence-corrected chi connectivity index (χ4v) is 2.11. The van der Waals surface area contributed by atoms with Crippen molar-refractivity contribution >= 4 is 15.9 Å². The van der Waals surface area contributed by atoms with E-state index in [0.29, 0.717) is 13.2 Å². The van der Waals surface area contributed by atoms with Gasteiger partial charge in [-0.25, -0.2) is 0 Å². The minimum atomic E-state index is 0.650. The summed E-state index contributed by atoms with van der Waals surface area (Å²) in [6.45, 7) is 2.17. The first-order valence-electron chi connectivity index (χ1n) is 5.79. The summed E-state index contributed by atoms with van der Waals surface area (Å²) < 4.78 is 11.5. The van der Waals surface area contributed by atoms with E-state index in [-0.39, 0.29) is 0 Å². The third-order valence-electron chi connectivity index (χ3n) is 2.61. The van der Waals surface area contributed by atoms with Gasteiger partial charge in [-0.1, -0.05) is 24.3 Å². The van der Waals surface area contributed by atoms with Gasteiger partial charge in [-0.3, -0.25) is 0 Å². The van der Waals surface area contributed by atoms with Gasteiger partial charge in [-0.05, 0) is 33.1 Å². The Morgan fingerprint density at radius 1 is 1.22 bits per heavy atom. The molecule has 1 N–H and O–H groups in total. The zero-order valence-corrected chi connectivity index (χ0v) is 11.9. The third kappa shape index (κ3) is 3.70. The molecule has 4 heteroatoms. The summed E-state index contributed by atoms with van der Waals surface area (Å²) in [7, 11) is 1.71. The lowest BCUT2D eigenvalue weighted by Gasteiger charge is -2.06. The van der Waals surface area contributed by atoms with Crippen molar-refractivity contribution in [3.63, 3.8) is 0 Å². The molecular formula is C14H16BrNO2. The molecule has 0 fully saturated rings. The van der Waals surface area contributed by atoms with Crippen LogP contribution in [0.1, 0.15) is 16.9 Å². The first kappa shape index (κ1) is 13.3. The summed E-state index contributed by atoms with van der Waals surface area (Å²) in [6.07, 6.45) is 1.68. The molecule has 0 spiro atoms. The fourth-order valence-electron chi connectivity index (χ4n) is 1.77. The van der Waals surface area contributed by atoms with E-state index < -0.39 is 0 Å². The maximum absolute atomic E-state index is 5.34. The molecule has 96 valence electrons. The molecule has 1 aromatic heterocycles. The monoisotopic (exact) mass is 309 g/mol. The predicted molar refractivity (Wildman–Crippen MR) is 74.1 cm³/mol. The number of furan rings is 1. The largest absolute Gasteiger partial charge is 0.467 e. The van der Waals surface area contributed by atoms with E-state index in [2.05, 4.69) is 39.4 Å². The van der Waals surface area contributed by atoms with Gasteiger partial charge in [0.1, 0.15) is 5.76 Å². The van der Waals surface area contributed by atoms with Gasteiger partial charge in [0.25, 0.3) is 0 Å². The fraction of sp³-hybridized carbons (Fsp3) is 0.286. The van der Waals surface area contributed by atoms with Crippen molar-refractivity contribution in [1.82, 2.24) is 5.32 Å². The Morgan fingerprint density at radius 3 is 2.78 bits per heavy atom. The second kappa shape index (κ2) is 6.73. The zero-order valence-electron chi connectivity index (χ0n) is 10.3. The summed E-state index contributed by atoms with van der Waals surface area (Å²) in [6, 6.07) is 10.3. The number of halogens is 1. The van der Waals surface area contributed by atoms with Crippen LogP contribution in [-0.4, -0.2) is 7.11 Å². The molecule has 2 rings (SSSR count). The molecule has 1 aromatic carbocycles. The zero-order chi connectivity index (χ0) is 12.8. The van der Waals surface area contributed by atoms with Gasteiger partial charge in [-0.2, -0.15) is 0 Å². The van der Waals surface area contributed by atoms with Crippen molar-refractivity contribution in [3.8, 4) is 0 Å². The Bertz CT molecular complexity index is 496. The summed E-state index contributed by atoms with van der Waals surface area (Å²) in [4.78, 5) is 0. The number of methoxy groups -OCH3 is 1. The average Bonchev–Trinajstić information content (AvgIpc) is 2.76. The van der Waals surface area contributed by atoms with Gasteiger partial charge >= 0.3 is 0 Å². The molecule has 0 bridgehead atoms. The third-order valence-corrected chi connectivity index (χ3v) is 3.31. The van der Waals surface area contributed by atoms with Crippen LogP contribution in [0.5, 0.6) is 0 Å². The first-order valence-corrected chi connectivity index (χ1v) is 6.58. The molecule has 0 saturated heterocycles. The Labute approximate surface area is 115 Å². The van der Waals surface area contributed by atoms with Gasteiger partial charge in [0.2, 0.25) is 0 Å². The lowest BCUT2D eigenvalue weighted by molar-refractivity contribution is 0.185. The van der Waals surface area contributed by atoms with Gasteiger partial charge in [0.15, 0.2) is 0 Å². The first-order chi connectivity index (χ1) is 8.79. The van der Waals surface area contributed by atoms with E-state index in [1.807, 2.05) is 12.1 Å². The second-order valence-corrected chi connectivity index (χ2v) is 4.90. The van der Waals surface area contributed by atoms with Gasteiger partial charge in [0, 0.05) is 13.7 Å². The van der Waals surface area contributed by atoms with Crippen LogP contribution >= 0.6 is 15.9 Å². The van der Waals surface area contributed by atoms with Crippen LogP contribution in [0, 0.1) is 0 Å². The highest BCUT2D eigenvalue weighted by molar-refractivity contribution is 9.10. The average molecular weight is 310 g/mol. The molecule has 0 aliphatic heterocycles. The number of rotatable bonds is 6. The Morgan fingerprint density at radius 2 is 2.06 bits per heavy atom. The predicted octanol–water partition coefficient (Wildman–Crippen LogP) is 3.48. The lowest BCUT2D eigenvalue weighted by Crippen LogP contribution is -2.12. The van der Waals surface area contributed by atoms with Gasteiger partial charge in [-0.15, -0.1) is 0 Å². The molecule has 0 atom stereocenters. The highest BCUT2D eigenvalue weighted by Crippen LogP contribution is 2.17. The van der Waals surface area contributed by atoms with Crippen LogP contribution in [0.15, 0.2) is 45.5 Å². The lowest BCUT2D eigenvalue weighted by atomic mass is 10.1. The van der Waals surface area contributed by atoms with Crippen molar-refractivity contribution in [1.29, 1.82) is 0 Å². The van der Waals surface area contributed by atoms with Crippen LogP contribution in [0.2, 0.25) is 0 Å². The number of hydrogen-bond donors (Lipinski definition) is 1. The van der Waals surface area contributed by atoms with Crippen LogP contribution in [0.4, 0.5) is 0 Å². The molecule has 0 aliphatic carbocycles. The molecule has 3 nitrogen and oxygen atoms in total. The molecule has 0 aliphatic rings. The molecule has 18 heavy (non-hydrogen) atoms. The highest BCUT2D eigenvalue weighted by atomic mass is 79.9. The topological polar surface area (TPSA) is 34.4 Å². The molecule has 2 aromatic rings. The SMILES string of the molecule is COCc1cccc(CNCc2occc2Br)c1. The van der Waals surface area contributed by atoms with Crippen LogP contribution in [-0.2, 0) is 24.4 Å². The number of ether oxygens (including phenoxy) is 1.